The zero-order valence-corrected chi connectivity index (χ0v) is 14.4. The summed E-state index contributed by atoms with van der Waals surface area (Å²) in [4.78, 5) is 18.4. The predicted molar refractivity (Wildman–Crippen MR) is 91.2 cm³/mol. The third kappa shape index (κ3) is 2.75. The van der Waals surface area contributed by atoms with Crippen LogP contribution in [0.3, 0.4) is 0 Å². The number of nitrogens with zero attached hydrogens (tertiary/aromatic N) is 1. The van der Waals surface area contributed by atoms with Crippen LogP contribution in [0, 0.1) is 13.8 Å². The number of thiazole rings is 1. The summed E-state index contributed by atoms with van der Waals surface area (Å²) in [6.45, 7) is 4.27. The summed E-state index contributed by atoms with van der Waals surface area (Å²) in [5, 5.41) is 13.3. The first-order chi connectivity index (χ1) is 10.9. The van der Waals surface area contributed by atoms with Gasteiger partial charge in [-0.1, -0.05) is 0 Å². The number of fused-ring (bicyclic) bond motifs is 1. The molecule has 0 fully saturated rings. The first kappa shape index (κ1) is 15.7. The lowest BCUT2D eigenvalue weighted by molar-refractivity contribution is -0.872. The van der Waals surface area contributed by atoms with Gasteiger partial charge in [0.2, 0.25) is 5.43 Å². The van der Waals surface area contributed by atoms with E-state index in [1.54, 1.807) is 6.07 Å². The normalized spacial score (nSPS) is 11.5. The molecule has 6 heteroatoms. The summed E-state index contributed by atoms with van der Waals surface area (Å²) in [5.41, 5.74) is 3.07. The lowest BCUT2D eigenvalue weighted by Crippen LogP contribution is -3.04. The van der Waals surface area contributed by atoms with Gasteiger partial charge in [-0.05, 0) is 25.5 Å². The average molecular weight is 331 g/mol. The highest BCUT2D eigenvalue weighted by atomic mass is 32.1. The maximum atomic E-state index is 12.9. The molecule has 0 aliphatic carbocycles. The zero-order valence-electron chi connectivity index (χ0n) is 13.6. The molecule has 0 amide bonds. The minimum absolute atomic E-state index is 0.104. The van der Waals surface area contributed by atoms with E-state index in [4.69, 9.17) is 4.42 Å². The highest BCUT2D eigenvalue weighted by Gasteiger charge is 2.20. The van der Waals surface area contributed by atoms with Gasteiger partial charge in [0, 0.05) is 11.1 Å². The van der Waals surface area contributed by atoms with Gasteiger partial charge in [-0.3, -0.25) is 4.79 Å². The fourth-order valence-corrected chi connectivity index (χ4v) is 3.48. The first-order valence-corrected chi connectivity index (χ1v) is 8.25. The van der Waals surface area contributed by atoms with Gasteiger partial charge in [0.1, 0.15) is 23.6 Å². The van der Waals surface area contributed by atoms with Crippen LogP contribution in [0.5, 0.6) is 5.75 Å². The fourth-order valence-electron chi connectivity index (χ4n) is 2.68. The van der Waals surface area contributed by atoms with Gasteiger partial charge in [-0.15, -0.1) is 11.3 Å². The van der Waals surface area contributed by atoms with E-state index in [1.807, 2.05) is 33.3 Å². The summed E-state index contributed by atoms with van der Waals surface area (Å²) < 4.78 is 5.77. The molecule has 0 bridgehead atoms. The monoisotopic (exact) mass is 331 g/mol. The van der Waals surface area contributed by atoms with Gasteiger partial charge >= 0.3 is 0 Å². The molecule has 2 N–H and O–H groups in total. The Bertz CT molecular complexity index is 941. The lowest BCUT2D eigenvalue weighted by Gasteiger charge is -2.12. The maximum Gasteiger partial charge on any atom is 0.203 e. The minimum Gasteiger partial charge on any atom is -0.507 e. The van der Waals surface area contributed by atoms with Crippen LogP contribution in [-0.4, -0.2) is 24.2 Å². The molecule has 5 nitrogen and oxygen atoms in total. The molecule has 0 saturated heterocycles. The topological polar surface area (TPSA) is 67.8 Å². The minimum atomic E-state index is -0.104. The van der Waals surface area contributed by atoms with Crippen LogP contribution in [-0.2, 0) is 6.54 Å². The van der Waals surface area contributed by atoms with E-state index in [1.165, 1.54) is 17.6 Å². The van der Waals surface area contributed by atoms with Crippen LogP contribution in [0.15, 0.2) is 26.9 Å². The molecule has 0 atom stereocenters. The molecule has 3 rings (SSSR count). The molecular weight excluding hydrogens is 312 g/mol. The summed E-state index contributed by atoms with van der Waals surface area (Å²) in [5.74, 6) is 0.164. The fraction of sp³-hybridized carbons (Fsp3) is 0.294. The van der Waals surface area contributed by atoms with Crippen molar-refractivity contribution in [1.82, 2.24) is 4.98 Å². The van der Waals surface area contributed by atoms with Crippen LogP contribution >= 0.6 is 11.3 Å². The van der Waals surface area contributed by atoms with Gasteiger partial charge in [0.25, 0.3) is 0 Å². The Hall–Kier alpha value is -2.18. The second-order valence-electron chi connectivity index (χ2n) is 6.05. The van der Waals surface area contributed by atoms with E-state index in [9.17, 15) is 9.90 Å². The summed E-state index contributed by atoms with van der Waals surface area (Å²) >= 11 is 1.42. The van der Waals surface area contributed by atoms with Crippen molar-refractivity contribution in [3.8, 4) is 16.3 Å². The second kappa shape index (κ2) is 5.79. The van der Waals surface area contributed by atoms with Crippen molar-refractivity contribution in [1.29, 1.82) is 0 Å². The van der Waals surface area contributed by atoms with Crippen molar-refractivity contribution in [2.45, 2.75) is 20.4 Å². The molecule has 0 unspecified atom stereocenters. The summed E-state index contributed by atoms with van der Waals surface area (Å²) in [7, 11) is 3.96. The molecule has 3 aromatic rings. The van der Waals surface area contributed by atoms with Crippen LogP contribution in [0.25, 0.3) is 21.5 Å². The van der Waals surface area contributed by atoms with Gasteiger partial charge in [0.05, 0.1) is 30.6 Å². The number of phenolic OH excluding ortho intramolecular Hbond substituents is 1. The number of quaternary nitrogens is 1. The second-order valence-corrected chi connectivity index (χ2v) is 6.91. The molecule has 0 aliphatic heterocycles. The highest BCUT2D eigenvalue weighted by molar-refractivity contribution is 7.13. The summed E-state index contributed by atoms with van der Waals surface area (Å²) in [6, 6.07) is 1.63. The molecule has 120 valence electrons. The molecule has 0 aliphatic rings. The maximum absolute atomic E-state index is 12.9. The Morgan fingerprint density at radius 3 is 2.70 bits per heavy atom. The van der Waals surface area contributed by atoms with Crippen LogP contribution in [0.1, 0.15) is 16.8 Å². The largest absolute Gasteiger partial charge is 0.507 e. The molecular formula is C17H19N2O3S+. The van der Waals surface area contributed by atoms with E-state index in [0.717, 1.165) is 10.6 Å². The van der Waals surface area contributed by atoms with Gasteiger partial charge in [0.15, 0.2) is 5.58 Å². The Morgan fingerprint density at radius 2 is 2.09 bits per heavy atom. The molecule has 23 heavy (non-hydrogen) atoms. The SMILES string of the molecule is Cc1csc(-c2coc3c(C[NH+](C)C)c(O)cc(C)c3c2=O)n1. The molecule has 0 saturated carbocycles. The number of nitrogens with one attached hydrogen (secondary N) is 1. The third-order valence-corrected chi connectivity index (χ3v) is 4.70. The van der Waals surface area contributed by atoms with E-state index in [0.29, 0.717) is 39.2 Å². The van der Waals surface area contributed by atoms with E-state index in [2.05, 4.69) is 4.98 Å². The van der Waals surface area contributed by atoms with Crippen molar-refractivity contribution in [3.05, 3.63) is 44.8 Å². The number of hydrogen-bond acceptors (Lipinski definition) is 5. The third-order valence-electron chi connectivity index (χ3n) is 3.70. The Balaban J connectivity index is 2.32. The van der Waals surface area contributed by atoms with E-state index in [-0.39, 0.29) is 11.2 Å². The van der Waals surface area contributed by atoms with Crippen molar-refractivity contribution in [2.75, 3.05) is 14.1 Å². The molecule has 0 radical (unpaired) electrons. The number of aryl methyl sites for hydroxylation is 2. The zero-order chi connectivity index (χ0) is 16.7. The van der Waals surface area contributed by atoms with Crippen LogP contribution in [0.2, 0.25) is 0 Å². The van der Waals surface area contributed by atoms with E-state index < -0.39 is 0 Å². The number of rotatable bonds is 3. The van der Waals surface area contributed by atoms with E-state index >= 15 is 0 Å². The quantitative estimate of drug-likeness (QED) is 0.769. The molecule has 1 aromatic carbocycles. The Labute approximate surface area is 137 Å². The Kier molecular flexibility index (Phi) is 3.95. The molecule has 2 heterocycles. The van der Waals surface area contributed by atoms with Crippen LogP contribution in [0.4, 0.5) is 0 Å². The number of phenols is 1. The highest BCUT2D eigenvalue weighted by Crippen LogP contribution is 2.30. The average Bonchev–Trinajstić information content (AvgIpc) is 2.89. The first-order valence-electron chi connectivity index (χ1n) is 7.37. The number of aromatic hydroxyl groups is 1. The number of benzene rings is 1. The van der Waals surface area contributed by atoms with Crippen molar-refractivity contribution in [3.63, 3.8) is 0 Å². The van der Waals surface area contributed by atoms with Crippen molar-refractivity contribution in [2.24, 2.45) is 0 Å². The van der Waals surface area contributed by atoms with Crippen molar-refractivity contribution >= 4 is 22.3 Å². The predicted octanol–water partition coefficient (Wildman–Crippen LogP) is 1.88. The van der Waals surface area contributed by atoms with Crippen LogP contribution < -0.4 is 10.3 Å². The number of hydrogen-bond donors (Lipinski definition) is 2. The van der Waals surface area contributed by atoms with Gasteiger partial charge in [-0.2, -0.15) is 0 Å². The van der Waals surface area contributed by atoms with Gasteiger partial charge in [-0.25, -0.2) is 4.98 Å². The van der Waals surface area contributed by atoms with Gasteiger partial charge < -0.3 is 14.4 Å². The smallest absolute Gasteiger partial charge is 0.203 e. The standard InChI is InChI=1S/C17H18N2O3S/c1-9-5-13(20)11(6-19(3)4)16-14(9)15(21)12(7-22-16)17-18-10(2)8-23-17/h5,7-8,20H,6H2,1-4H3/p+1. The lowest BCUT2D eigenvalue weighted by atomic mass is 10.0. The molecule has 2 aromatic heterocycles. The summed E-state index contributed by atoms with van der Waals surface area (Å²) in [6.07, 6.45) is 1.45. The molecule has 0 spiro atoms. The number of aromatic nitrogens is 1. The Morgan fingerprint density at radius 1 is 1.35 bits per heavy atom. The van der Waals surface area contributed by atoms with Crippen molar-refractivity contribution < 1.29 is 14.4 Å².